The minimum Gasteiger partial charge on any atom is -0.493 e. The molecule has 1 saturated heterocycles. The molecule has 9 nitrogen and oxygen atoms in total. The maximum Gasteiger partial charge on any atom is 0.330 e. The standard InChI is InChI=1S/C27H34O9/c1-16-5-6-18(13-17(16)2)8-10-23(28)35-15-22-24(29)25(30)26(31)27(36-22)34-12-11-19-7-9-20(32-3)21(14-19)33-4/h5-10,13-14,22,24-27,29-31H,11-12,15H2,1-4H3/b10-8+. The van der Waals surface area contributed by atoms with Crippen LogP contribution in [-0.4, -0.2) is 79.4 Å². The average Bonchev–Trinajstić information content (AvgIpc) is 2.88. The largest absolute Gasteiger partial charge is 0.493 e. The van der Waals surface area contributed by atoms with Crippen LogP contribution in [0.5, 0.6) is 11.5 Å². The lowest BCUT2D eigenvalue weighted by Crippen LogP contribution is -2.59. The van der Waals surface area contributed by atoms with E-state index in [0.29, 0.717) is 17.9 Å². The van der Waals surface area contributed by atoms with Crippen LogP contribution in [0.2, 0.25) is 0 Å². The summed E-state index contributed by atoms with van der Waals surface area (Å²) in [6.45, 7) is 3.83. The van der Waals surface area contributed by atoms with Crippen molar-refractivity contribution in [3.63, 3.8) is 0 Å². The molecule has 1 aliphatic rings. The van der Waals surface area contributed by atoms with Gasteiger partial charge >= 0.3 is 5.97 Å². The van der Waals surface area contributed by atoms with Crippen molar-refractivity contribution in [1.29, 1.82) is 0 Å². The molecule has 196 valence electrons. The number of carbonyl (C=O) groups is 1. The van der Waals surface area contributed by atoms with Crippen LogP contribution >= 0.6 is 0 Å². The molecular formula is C27H34O9. The Labute approximate surface area is 210 Å². The molecule has 1 fully saturated rings. The molecule has 2 aromatic carbocycles. The second-order valence-electron chi connectivity index (χ2n) is 8.63. The van der Waals surface area contributed by atoms with Crippen LogP contribution in [0.4, 0.5) is 0 Å². The van der Waals surface area contributed by atoms with Crippen LogP contribution in [0.1, 0.15) is 22.3 Å². The predicted molar refractivity (Wildman–Crippen MR) is 132 cm³/mol. The molecule has 5 unspecified atom stereocenters. The van der Waals surface area contributed by atoms with E-state index < -0.39 is 36.7 Å². The lowest BCUT2D eigenvalue weighted by Gasteiger charge is -2.39. The van der Waals surface area contributed by atoms with Crippen LogP contribution in [0.15, 0.2) is 42.5 Å². The second kappa shape index (κ2) is 12.8. The van der Waals surface area contributed by atoms with Crippen molar-refractivity contribution in [3.05, 3.63) is 64.7 Å². The Hall–Kier alpha value is -2.95. The number of esters is 1. The van der Waals surface area contributed by atoms with Gasteiger partial charge in [0, 0.05) is 6.08 Å². The van der Waals surface area contributed by atoms with E-state index in [1.807, 2.05) is 44.2 Å². The van der Waals surface area contributed by atoms with Gasteiger partial charge in [0.05, 0.1) is 20.8 Å². The first-order valence-corrected chi connectivity index (χ1v) is 11.7. The SMILES string of the molecule is COc1ccc(CCOC2OC(COC(=O)/C=C/c3ccc(C)c(C)c3)C(O)C(O)C2O)cc1OC. The van der Waals surface area contributed by atoms with Crippen LogP contribution < -0.4 is 9.47 Å². The van der Waals surface area contributed by atoms with Crippen LogP contribution in [0, 0.1) is 13.8 Å². The van der Waals surface area contributed by atoms with E-state index in [1.165, 1.54) is 6.08 Å². The molecule has 1 heterocycles. The number of methoxy groups -OCH3 is 2. The first-order valence-electron chi connectivity index (χ1n) is 11.7. The Bertz CT molecular complexity index is 1050. The first-order chi connectivity index (χ1) is 17.2. The van der Waals surface area contributed by atoms with Gasteiger partial charge in [-0.3, -0.25) is 0 Å². The highest BCUT2D eigenvalue weighted by Gasteiger charge is 2.44. The van der Waals surface area contributed by atoms with Crippen LogP contribution in [0.3, 0.4) is 0 Å². The molecule has 0 radical (unpaired) electrons. The van der Waals surface area contributed by atoms with Crippen molar-refractivity contribution in [2.24, 2.45) is 0 Å². The van der Waals surface area contributed by atoms with E-state index in [1.54, 1.807) is 26.4 Å². The molecule has 0 bridgehead atoms. The summed E-state index contributed by atoms with van der Waals surface area (Å²) in [5, 5.41) is 30.8. The zero-order valence-corrected chi connectivity index (χ0v) is 20.9. The minimum absolute atomic E-state index is 0.158. The number of carbonyl (C=O) groups excluding carboxylic acids is 1. The van der Waals surface area contributed by atoms with E-state index in [9.17, 15) is 20.1 Å². The van der Waals surface area contributed by atoms with E-state index >= 15 is 0 Å². The molecule has 2 aromatic rings. The van der Waals surface area contributed by atoms with E-state index in [-0.39, 0.29) is 13.2 Å². The van der Waals surface area contributed by atoms with Gasteiger partial charge in [0.25, 0.3) is 0 Å². The third kappa shape index (κ3) is 7.05. The lowest BCUT2D eigenvalue weighted by molar-refractivity contribution is -0.301. The maximum absolute atomic E-state index is 12.2. The van der Waals surface area contributed by atoms with Crippen molar-refractivity contribution in [3.8, 4) is 11.5 Å². The van der Waals surface area contributed by atoms with E-state index in [4.69, 9.17) is 23.7 Å². The van der Waals surface area contributed by atoms with Crippen molar-refractivity contribution >= 4 is 12.0 Å². The van der Waals surface area contributed by atoms with Gasteiger partial charge in [-0.25, -0.2) is 4.79 Å². The normalized spacial score (nSPS) is 24.0. The average molecular weight is 503 g/mol. The van der Waals surface area contributed by atoms with Crippen molar-refractivity contribution in [2.75, 3.05) is 27.4 Å². The topological polar surface area (TPSA) is 124 Å². The zero-order valence-electron chi connectivity index (χ0n) is 20.9. The van der Waals surface area contributed by atoms with Crippen LogP contribution in [-0.2, 0) is 25.4 Å². The van der Waals surface area contributed by atoms with Crippen molar-refractivity contribution in [2.45, 2.75) is 51.0 Å². The quantitative estimate of drug-likeness (QED) is 0.330. The highest BCUT2D eigenvalue weighted by atomic mass is 16.7. The first kappa shape index (κ1) is 27.6. The number of aryl methyl sites for hydroxylation is 2. The number of aliphatic hydroxyl groups is 3. The summed E-state index contributed by atoms with van der Waals surface area (Å²) < 4.78 is 27.0. The fourth-order valence-electron chi connectivity index (χ4n) is 3.77. The van der Waals surface area contributed by atoms with Crippen molar-refractivity contribution in [1.82, 2.24) is 0 Å². The number of rotatable bonds is 10. The molecule has 1 aliphatic heterocycles. The second-order valence-corrected chi connectivity index (χ2v) is 8.63. The fraction of sp³-hybridized carbons (Fsp3) is 0.444. The zero-order chi connectivity index (χ0) is 26.2. The van der Waals surface area contributed by atoms with E-state index in [2.05, 4.69) is 0 Å². The summed E-state index contributed by atoms with van der Waals surface area (Å²) in [4.78, 5) is 12.2. The third-order valence-corrected chi connectivity index (χ3v) is 6.12. The van der Waals surface area contributed by atoms with Gasteiger partial charge in [0.15, 0.2) is 17.8 Å². The Morgan fingerprint density at radius 3 is 2.39 bits per heavy atom. The Balaban J connectivity index is 1.52. The van der Waals surface area contributed by atoms with E-state index in [0.717, 1.165) is 22.3 Å². The Morgan fingerprint density at radius 2 is 1.69 bits per heavy atom. The number of benzene rings is 2. The molecule has 0 aliphatic carbocycles. The predicted octanol–water partition coefficient (Wildman–Crippen LogP) is 1.94. The number of ether oxygens (including phenoxy) is 5. The van der Waals surface area contributed by atoms with Gasteiger partial charge < -0.3 is 39.0 Å². The summed E-state index contributed by atoms with van der Waals surface area (Å²) in [6, 6.07) is 11.3. The molecule has 0 aromatic heterocycles. The summed E-state index contributed by atoms with van der Waals surface area (Å²) in [5.74, 6) is 0.554. The van der Waals surface area contributed by atoms with Gasteiger partial charge in [-0.2, -0.15) is 0 Å². The Morgan fingerprint density at radius 1 is 0.944 bits per heavy atom. The molecule has 3 N–H and O–H groups in total. The smallest absolute Gasteiger partial charge is 0.330 e. The molecule has 36 heavy (non-hydrogen) atoms. The summed E-state index contributed by atoms with van der Waals surface area (Å²) in [6.07, 6.45) is -3.36. The number of hydrogen-bond acceptors (Lipinski definition) is 9. The minimum atomic E-state index is -1.53. The highest BCUT2D eigenvalue weighted by molar-refractivity contribution is 5.87. The highest BCUT2D eigenvalue weighted by Crippen LogP contribution is 2.28. The number of aliphatic hydroxyl groups excluding tert-OH is 3. The molecule has 0 saturated carbocycles. The summed E-state index contributed by atoms with van der Waals surface area (Å²) >= 11 is 0. The van der Waals surface area contributed by atoms with Gasteiger partial charge in [0.1, 0.15) is 31.0 Å². The van der Waals surface area contributed by atoms with Crippen LogP contribution in [0.25, 0.3) is 6.08 Å². The third-order valence-electron chi connectivity index (χ3n) is 6.12. The molecule has 0 spiro atoms. The van der Waals surface area contributed by atoms with Gasteiger partial charge in [-0.05, 0) is 60.7 Å². The fourth-order valence-corrected chi connectivity index (χ4v) is 3.77. The molecule has 3 rings (SSSR count). The maximum atomic E-state index is 12.2. The van der Waals surface area contributed by atoms with Gasteiger partial charge in [-0.15, -0.1) is 0 Å². The molecular weight excluding hydrogens is 468 g/mol. The van der Waals surface area contributed by atoms with Crippen molar-refractivity contribution < 1.29 is 43.8 Å². The summed E-state index contributed by atoms with van der Waals surface area (Å²) in [7, 11) is 3.10. The molecule has 0 amide bonds. The molecule has 5 atom stereocenters. The monoisotopic (exact) mass is 502 g/mol. The summed E-state index contributed by atoms with van der Waals surface area (Å²) in [5.41, 5.74) is 4.01. The van der Waals surface area contributed by atoms with Gasteiger partial charge in [0.2, 0.25) is 0 Å². The number of hydrogen-bond donors (Lipinski definition) is 3. The van der Waals surface area contributed by atoms with Gasteiger partial charge in [-0.1, -0.05) is 24.3 Å². The lowest BCUT2D eigenvalue weighted by atomic mass is 9.99. The Kier molecular flexibility index (Phi) is 9.86. The molecule has 9 heteroatoms.